The zero-order valence-corrected chi connectivity index (χ0v) is 11.0. The molecule has 0 aliphatic rings. The molecule has 0 bridgehead atoms. The first-order valence-electron chi connectivity index (χ1n) is 5.23. The highest BCUT2D eigenvalue weighted by atomic mass is 35.5. The van der Waals surface area contributed by atoms with Crippen molar-refractivity contribution in [1.29, 1.82) is 0 Å². The summed E-state index contributed by atoms with van der Waals surface area (Å²) in [4.78, 5) is 22.5. The largest absolute Gasteiger partial charge is 0.288 e. The van der Waals surface area contributed by atoms with Gasteiger partial charge in [0.25, 0.3) is 5.69 Å². The van der Waals surface area contributed by atoms with E-state index in [0.29, 0.717) is 10.6 Å². The zero-order valence-electron chi connectivity index (χ0n) is 9.47. The molecule has 19 heavy (non-hydrogen) atoms. The minimum atomic E-state index is -0.612. The van der Waals surface area contributed by atoms with Crippen molar-refractivity contribution >= 4 is 34.7 Å². The molecule has 2 aromatic carbocycles. The number of benzene rings is 2. The fourth-order valence-corrected chi connectivity index (χ4v) is 1.90. The highest BCUT2D eigenvalue weighted by Crippen LogP contribution is 2.25. The van der Waals surface area contributed by atoms with Crippen LogP contribution in [0.15, 0.2) is 42.5 Å². The van der Waals surface area contributed by atoms with Gasteiger partial charge in [-0.2, -0.15) is 0 Å². The minimum Gasteiger partial charge on any atom is -0.288 e. The molecule has 0 aliphatic carbocycles. The maximum Gasteiger partial charge on any atom is 0.280 e. The van der Waals surface area contributed by atoms with Crippen molar-refractivity contribution < 1.29 is 9.72 Å². The Balaban J connectivity index is 2.51. The smallest absolute Gasteiger partial charge is 0.280 e. The van der Waals surface area contributed by atoms with E-state index in [2.05, 4.69) is 0 Å². The zero-order chi connectivity index (χ0) is 14.0. The lowest BCUT2D eigenvalue weighted by Gasteiger charge is -2.03. The fraction of sp³-hybridized carbons (Fsp3) is 0. The molecule has 2 rings (SSSR count). The quantitative estimate of drug-likeness (QED) is 0.486. The van der Waals surface area contributed by atoms with E-state index in [-0.39, 0.29) is 16.3 Å². The van der Waals surface area contributed by atoms with Gasteiger partial charge in [-0.25, -0.2) is 0 Å². The Kier molecular flexibility index (Phi) is 3.83. The third-order valence-electron chi connectivity index (χ3n) is 2.51. The summed E-state index contributed by atoms with van der Waals surface area (Å²) in [5, 5.41) is 11.7. The molecule has 0 aromatic heterocycles. The van der Waals surface area contributed by atoms with Gasteiger partial charge in [0.15, 0.2) is 5.78 Å². The number of carbonyl (C=O) groups excluding carboxylic acids is 1. The van der Waals surface area contributed by atoms with Crippen LogP contribution in [0.25, 0.3) is 0 Å². The molecule has 0 saturated carbocycles. The molecule has 6 heteroatoms. The number of carbonyl (C=O) groups is 1. The Morgan fingerprint density at radius 2 is 1.58 bits per heavy atom. The molecular formula is C13H7Cl2NO3. The number of hydrogen-bond donors (Lipinski definition) is 0. The van der Waals surface area contributed by atoms with E-state index in [1.807, 2.05) is 0 Å². The predicted molar refractivity (Wildman–Crippen MR) is 73.0 cm³/mol. The second kappa shape index (κ2) is 5.38. The minimum absolute atomic E-state index is 0.0418. The van der Waals surface area contributed by atoms with Crippen LogP contribution < -0.4 is 0 Å². The first-order valence-corrected chi connectivity index (χ1v) is 5.99. The summed E-state index contributed by atoms with van der Waals surface area (Å²) in [6.45, 7) is 0. The number of rotatable bonds is 3. The van der Waals surface area contributed by atoms with Crippen molar-refractivity contribution in [3.05, 3.63) is 73.8 Å². The summed E-state index contributed by atoms with van der Waals surface area (Å²) >= 11 is 11.5. The molecular weight excluding hydrogens is 289 g/mol. The van der Waals surface area contributed by atoms with Crippen LogP contribution in [0.5, 0.6) is 0 Å². The van der Waals surface area contributed by atoms with E-state index >= 15 is 0 Å². The number of nitro groups is 1. The van der Waals surface area contributed by atoms with Crippen LogP contribution in [-0.4, -0.2) is 10.7 Å². The van der Waals surface area contributed by atoms with Crippen molar-refractivity contribution in [3.63, 3.8) is 0 Å². The van der Waals surface area contributed by atoms with Crippen molar-refractivity contribution in [2.75, 3.05) is 0 Å². The van der Waals surface area contributed by atoms with Crippen LogP contribution in [0.4, 0.5) is 5.69 Å². The van der Waals surface area contributed by atoms with Gasteiger partial charge in [0.05, 0.1) is 4.92 Å². The summed E-state index contributed by atoms with van der Waals surface area (Å²) in [7, 11) is 0. The number of nitrogens with zero attached hydrogens (tertiary/aromatic N) is 1. The average Bonchev–Trinajstić information content (AvgIpc) is 2.38. The van der Waals surface area contributed by atoms with Gasteiger partial charge in [-0.1, -0.05) is 23.2 Å². The second-order valence-corrected chi connectivity index (χ2v) is 4.63. The van der Waals surface area contributed by atoms with Crippen LogP contribution in [-0.2, 0) is 0 Å². The molecule has 0 unspecified atom stereocenters. The van der Waals surface area contributed by atoms with Gasteiger partial charge in [-0.3, -0.25) is 14.9 Å². The van der Waals surface area contributed by atoms with E-state index in [1.165, 1.54) is 30.3 Å². The van der Waals surface area contributed by atoms with E-state index in [0.717, 1.165) is 0 Å². The Hall–Kier alpha value is -1.91. The molecule has 0 atom stereocenters. The molecule has 0 saturated heterocycles. The molecule has 0 amide bonds. The Morgan fingerprint density at radius 3 is 2.16 bits per heavy atom. The lowest BCUT2D eigenvalue weighted by molar-refractivity contribution is -0.385. The van der Waals surface area contributed by atoms with Gasteiger partial charge in [-0.05, 0) is 36.4 Å². The number of hydrogen-bond acceptors (Lipinski definition) is 3. The van der Waals surface area contributed by atoms with E-state index in [4.69, 9.17) is 23.2 Å². The molecule has 4 nitrogen and oxygen atoms in total. The van der Waals surface area contributed by atoms with E-state index < -0.39 is 10.7 Å². The molecule has 2 aromatic rings. The predicted octanol–water partition coefficient (Wildman–Crippen LogP) is 4.13. The lowest BCUT2D eigenvalue weighted by atomic mass is 10.0. The second-order valence-electron chi connectivity index (χ2n) is 3.75. The summed E-state index contributed by atoms with van der Waals surface area (Å²) < 4.78 is 0. The molecule has 0 spiro atoms. The molecule has 0 aliphatic heterocycles. The third kappa shape index (κ3) is 2.92. The van der Waals surface area contributed by atoms with Gasteiger partial charge in [0.1, 0.15) is 5.56 Å². The molecule has 0 radical (unpaired) electrons. The van der Waals surface area contributed by atoms with Gasteiger partial charge < -0.3 is 0 Å². The maximum absolute atomic E-state index is 12.2. The van der Waals surface area contributed by atoms with Gasteiger partial charge in [-0.15, -0.1) is 0 Å². The Morgan fingerprint density at radius 1 is 1.00 bits per heavy atom. The fourth-order valence-electron chi connectivity index (χ4n) is 1.61. The first-order chi connectivity index (χ1) is 8.99. The van der Waals surface area contributed by atoms with Crippen LogP contribution in [0, 0.1) is 10.1 Å². The number of halogens is 2. The normalized spacial score (nSPS) is 10.2. The SMILES string of the molecule is O=C(c1ccc(Cl)cc1)c1cc(Cl)ccc1[N+](=O)[O-]. The number of nitro benzene ring substituents is 1. The highest BCUT2D eigenvalue weighted by molar-refractivity contribution is 6.31. The van der Waals surface area contributed by atoms with Crippen LogP contribution in [0.3, 0.4) is 0 Å². The molecule has 0 heterocycles. The summed E-state index contributed by atoms with van der Waals surface area (Å²) in [6, 6.07) is 9.99. The van der Waals surface area contributed by atoms with Gasteiger partial charge in [0.2, 0.25) is 0 Å². The first kappa shape index (κ1) is 13.5. The van der Waals surface area contributed by atoms with Crippen molar-refractivity contribution in [3.8, 4) is 0 Å². The molecule has 0 N–H and O–H groups in total. The standard InChI is InChI=1S/C13H7Cl2NO3/c14-9-3-1-8(2-4-9)13(17)11-7-10(15)5-6-12(11)16(18)19/h1-7H. The maximum atomic E-state index is 12.2. The summed E-state index contributed by atoms with van der Waals surface area (Å²) in [6.07, 6.45) is 0. The van der Waals surface area contributed by atoms with Gasteiger partial charge in [0, 0.05) is 21.7 Å². The van der Waals surface area contributed by atoms with Crippen LogP contribution in [0.1, 0.15) is 15.9 Å². The van der Waals surface area contributed by atoms with E-state index in [9.17, 15) is 14.9 Å². The summed E-state index contributed by atoms with van der Waals surface area (Å²) in [5.41, 5.74) is -0.000982. The van der Waals surface area contributed by atoms with E-state index in [1.54, 1.807) is 12.1 Å². The van der Waals surface area contributed by atoms with Crippen molar-refractivity contribution in [1.82, 2.24) is 0 Å². The van der Waals surface area contributed by atoms with Crippen LogP contribution >= 0.6 is 23.2 Å². The number of ketones is 1. The Labute approximate surface area is 118 Å². The van der Waals surface area contributed by atoms with Gasteiger partial charge >= 0.3 is 0 Å². The van der Waals surface area contributed by atoms with Crippen molar-refractivity contribution in [2.45, 2.75) is 0 Å². The molecule has 96 valence electrons. The third-order valence-corrected chi connectivity index (χ3v) is 2.99. The highest BCUT2D eigenvalue weighted by Gasteiger charge is 2.21. The monoisotopic (exact) mass is 295 g/mol. The van der Waals surface area contributed by atoms with Crippen LogP contribution in [0.2, 0.25) is 10.0 Å². The van der Waals surface area contributed by atoms with Crippen molar-refractivity contribution in [2.24, 2.45) is 0 Å². The Bertz CT molecular complexity index is 653. The summed E-state index contributed by atoms with van der Waals surface area (Å²) in [5.74, 6) is -0.467. The average molecular weight is 296 g/mol. The molecule has 0 fully saturated rings. The topological polar surface area (TPSA) is 60.2 Å². The lowest BCUT2D eigenvalue weighted by Crippen LogP contribution is -2.05.